The number of amides is 2. The largest absolute Gasteiger partial charge is 0.338 e. The van der Waals surface area contributed by atoms with E-state index in [-0.39, 0.29) is 24.2 Å². The summed E-state index contributed by atoms with van der Waals surface area (Å²) < 4.78 is 0. The first kappa shape index (κ1) is 19.7. The number of likely N-dealkylation sites (tertiary alicyclic amines) is 1. The molecule has 0 bridgehead atoms. The van der Waals surface area contributed by atoms with Gasteiger partial charge in [-0.05, 0) is 35.2 Å². The third-order valence-electron chi connectivity index (χ3n) is 4.79. The molecule has 0 radical (unpaired) electrons. The van der Waals surface area contributed by atoms with Gasteiger partial charge in [0.15, 0.2) is 0 Å². The maximum Gasteiger partial charge on any atom is 0.229 e. The van der Waals surface area contributed by atoms with E-state index in [2.05, 4.69) is 31.3 Å². The number of halogens is 2. The number of nitrogens with zero attached hydrogens (tertiary/aromatic N) is 1. The number of anilines is 1. The maximum absolute atomic E-state index is 12.5. The molecule has 27 heavy (non-hydrogen) atoms. The summed E-state index contributed by atoms with van der Waals surface area (Å²) in [6.07, 6.45) is 0.209. The van der Waals surface area contributed by atoms with Crippen molar-refractivity contribution in [2.45, 2.75) is 32.7 Å². The van der Waals surface area contributed by atoms with E-state index in [1.54, 1.807) is 23.1 Å². The van der Waals surface area contributed by atoms with Crippen molar-refractivity contribution in [2.24, 2.45) is 5.92 Å². The molecule has 3 rings (SSSR count). The zero-order chi connectivity index (χ0) is 19.6. The summed E-state index contributed by atoms with van der Waals surface area (Å²) >= 11 is 12.0. The fourth-order valence-corrected chi connectivity index (χ4v) is 3.61. The van der Waals surface area contributed by atoms with Crippen LogP contribution in [0.3, 0.4) is 0 Å². The molecule has 0 aromatic heterocycles. The Bertz CT molecular complexity index is 850. The first-order chi connectivity index (χ1) is 12.8. The van der Waals surface area contributed by atoms with Crippen molar-refractivity contribution in [1.82, 2.24) is 4.90 Å². The fourth-order valence-electron chi connectivity index (χ4n) is 3.15. The van der Waals surface area contributed by atoms with Crippen LogP contribution in [0.4, 0.5) is 5.69 Å². The van der Waals surface area contributed by atoms with Crippen LogP contribution in [-0.4, -0.2) is 23.3 Å². The highest BCUT2D eigenvalue weighted by Gasteiger charge is 2.34. The number of benzene rings is 2. The summed E-state index contributed by atoms with van der Waals surface area (Å²) in [5, 5.41) is 3.68. The molecule has 1 fully saturated rings. The van der Waals surface area contributed by atoms with E-state index in [9.17, 15) is 9.59 Å². The molecule has 1 N–H and O–H groups in total. The van der Waals surface area contributed by atoms with Crippen molar-refractivity contribution in [3.8, 4) is 0 Å². The van der Waals surface area contributed by atoms with Gasteiger partial charge in [-0.15, -0.1) is 0 Å². The van der Waals surface area contributed by atoms with Gasteiger partial charge in [0, 0.05) is 24.5 Å². The molecule has 6 heteroatoms. The molecule has 142 valence electrons. The molecule has 4 nitrogen and oxygen atoms in total. The van der Waals surface area contributed by atoms with E-state index >= 15 is 0 Å². The summed E-state index contributed by atoms with van der Waals surface area (Å²) in [7, 11) is 0. The van der Waals surface area contributed by atoms with Crippen LogP contribution in [0.5, 0.6) is 0 Å². The molecular formula is C21H22Cl2N2O2. The van der Waals surface area contributed by atoms with Crippen molar-refractivity contribution in [3.63, 3.8) is 0 Å². The van der Waals surface area contributed by atoms with Gasteiger partial charge >= 0.3 is 0 Å². The highest BCUT2D eigenvalue weighted by Crippen LogP contribution is 2.28. The van der Waals surface area contributed by atoms with Crippen LogP contribution in [0.25, 0.3) is 0 Å². The zero-order valence-corrected chi connectivity index (χ0v) is 16.8. The van der Waals surface area contributed by atoms with Crippen molar-refractivity contribution >= 4 is 40.7 Å². The Morgan fingerprint density at radius 3 is 2.52 bits per heavy atom. The van der Waals surface area contributed by atoms with Gasteiger partial charge in [-0.1, -0.05) is 61.3 Å². The van der Waals surface area contributed by atoms with E-state index in [1.807, 2.05) is 12.1 Å². The lowest BCUT2D eigenvalue weighted by atomic mass is 10.0. The molecular weight excluding hydrogens is 383 g/mol. The van der Waals surface area contributed by atoms with E-state index in [4.69, 9.17) is 23.2 Å². The summed E-state index contributed by atoms with van der Waals surface area (Å²) in [6, 6.07) is 13.2. The molecule has 2 aromatic rings. The van der Waals surface area contributed by atoms with Crippen LogP contribution in [0.2, 0.25) is 10.0 Å². The van der Waals surface area contributed by atoms with Crippen LogP contribution >= 0.6 is 23.2 Å². The van der Waals surface area contributed by atoms with Gasteiger partial charge in [0.05, 0.1) is 16.6 Å². The molecule has 1 aliphatic heterocycles. The molecule has 1 heterocycles. The van der Waals surface area contributed by atoms with Gasteiger partial charge in [-0.25, -0.2) is 0 Å². The topological polar surface area (TPSA) is 49.4 Å². The highest BCUT2D eigenvalue weighted by molar-refractivity contribution is 6.36. The molecule has 1 aliphatic rings. The Hall–Kier alpha value is -2.04. The van der Waals surface area contributed by atoms with Gasteiger partial charge in [0.2, 0.25) is 11.8 Å². The Kier molecular flexibility index (Phi) is 6.08. The molecule has 1 saturated heterocycles. The van der Waals surface area contributed by atoms with E-state index < -0.39 is 0 Å². The molecule has 2 amide bonds. The number of hydrogen-bond donors (Lipinski definition) is 1. The first-order valence-corrected chi connectivity index (χ1v) is 9.71. The molecule has 2 aromatic carbocycles. The number of rotatable bonds is 5. The third-order valence-corrected chi connectivity index (χ3v) is 5.34. The van der Waals surface area contributed by atoms with E-state index in [1.165, 1.54) is 5.56 Å². The number of carbonyl (C=O) groups is 2. The van der Waals surface area contributed by atoms with Gasteiger partial charge in [-0.2, -0.15) is 0 Å². The minimum Gasteiger partial charge on any atom is -0.338 e. The van der Waals surface area contributed by atoms with Crippen molar-refractivity contribution in [1.29, 1.82) is 0 Å². The Morgan fingerprint density at radius 2 is 1.89 bits per heavy atom. The Morgan fingerprint density at radius 1 is 1.19 bits per heavy atom. The predicted molar refractivity (Wildman–Crippen MR) is 109 cm³/mol. The number of hydrogen-bond acceptors (Lipinski definition) is 2. The normalized spacial score (nSPS) is 16.9. The van der Waals surface area contributed by atoms with Crippen molar-refractivity contribution in [2.75, 3.05) is 11.9 Å². The maximum atomic E-state index is 12.5. The standard InChI is InChI=1S/C21H22Cl2N2O2/c1-13(2)15-5-3-14(4-6-15)11-25-12-16(9-20(25)26)21(27)24-19-8-7-17(22)10-18(19)23/h3-8,10,13,16H,9,11-12H2,1-2H3,(H,24,27). The smallest absolute Gasteiger partial charge is 0.229 e. The van der Waals surface area contributed by atoms with Gasteiger partial charge in [-0.3, -0.25) is 9.59 Å². The Balaban J connectivity index is 1.61. The van der Waals surface area contributed by atoms with Crippen LogP contribution in [0, 0.1) is 5.92 Å². The molecule has 1 atom stereocenters. The second-order valence-corrected chi connectivity index (χ2v) is 8.03. The average molecular weight is 405 g/mol. The summed E-state index contributed by atoms with van der Waals surface area (Å²) in [6.45, 7) is 5.22. The van der Waals surface area contributed by atoms with Crippen molar-refractivity contribution in [3.05, 3.63) is 63.6 Å². The fraction of sp³-hybridized carbons (Fsp3) is 0.333. The SMILES string of the molecule is CC(C)c1ccc(CN2CC(C(=O)Nc3ccc(Cl)cc3Cl)CC2=O)cc1. The second kappa shape index (κ2) is 8.32. The Labute approximate surface area is 169 Å². The number of carbonyl (C=O) groups excluding carboxylic acids is 2. The summed E-state index contributed by atoms with van der Waals surface area (Å²) in [5.74, 6) is -0.130. The highest BCUT2D eigenvalue weighted by atomic mass is 35.5. The second-order valence-electron chi connectivity index (χ2n) is 7.19. The summed E-state index contributed by atoms with van der Waals surface area (Å²) in [4.78, 5) is 26.6. The van der Waals surface area contributed by atoms with Crippen molar-refractivity contribution < 1.29 is 9.59 Å². The zero-order valence-electron chi connectivity index (χ0n) is 15.3. The van der Waals surface area contributed by atoms with Crippen LogP contribution < -0.4 is 5.32 Å². The van der Waals surface area contributed by atoms with E-state index in [0.29, 0.717) is 34.7 Å². The minimum absolute atomic E-state index is 0.00899. The van der Waals surface area contributed by atoms with Gasteiger partial charge in [0.25, 0.3) is 0 Å². The van der Waals surface area contributed by atoms with Crippen LogP contribution in [0.15, 0.2) is 42.5 Å². The molecule has 0 spiro atoms. The van der Waals surface area contributed by atoms with Gasteiger partial charge < -0.3 is 10.2 Å². The first-order valence-electron chi connectivity index (χ1n) is 8.96. The van der Waals surface area contributed by atoms with E-state index in [0.717, 1.165) is 5.56 Å². The lowest BCUT2D eigenvalue weighted by Gasteiger charge is -2.17. The predicted octanol–water partition coefficient (Wildman–Crippen LogP) is 5.10. The lowest BCUT2D eigenvalue weighted by Crippen LogP contribution is -2.28. The average Bonchev–Trinajstić information content (AvgIpc) is 2.98. The molecule has 0 aliphatic carbocycles. The minimum atomic E-state index is -0.390. The lowest BCUT2D eigenvalue weighted by molar-refractivity contribution is -0.128. The quantitative estimate of drug-likeness (QED) is 0.752. The third kappa shape index (κ3) is 4.82. The summed E-state index contributed by atoms with van der Waals surface area (Å²) in [5.41, 5.74) is 2.83. The van der Waals surface area contributed by atoms with Gasteiger partial charge in [0.1, 0.15) is 0 Å². The molecule has 1 unspecified atom stereocenters. The monoisotopic (exact) mass is 404 g/mol. The number of nitrogens with one attached hydrogen (secondary N) is 1. The molecule has 0 saturated carbocycles. The van der Waals surface area contributed by atoms with Crippen LogP contribution in [0.1, 0.15) is 37.3 Å². The van der Waals surface area contributed by atoms with Crippen LogP contribution in [-0.2, 0) is 16.1 Å².